The Bertz CT molecular complexity index is 323. The number of rotatable bonds is 0. The van der Waals surface area contributed by atoms with Crippen molar-refractivity contribution in [1.82, 2.24) is 14.8 Å². The Morgan fingerprint density at radius 1 is 1.55 bits per heavy atom. The van der Waals surface area contributed by atoms with Crippen molar-refractivity contribution in [1.29, 1.82) is 0 Å². The molecule has 2 aromatic heterocycles. The fraction of sp³-hybridized carbons (Fsp3) is 0.375. The van der Waals surface area contributed by atoms with E-state index < -0.39 is 0 Å². The van der Waals surface area contributed by atoms with Crippen LogP contribution in [0.1, 0.15) is 15.3 Å². The number of nitrogens with one attached hydrogen (secondary N) is 1. The van der Waals surface area contributed by atoms with Gasteiger partial charge in [0, 0.05) is 14.7 Å². The number of hydrogen-bond acceptors (Lipinski definition) is 1. The summed E-state index contributed by atoms with van der Waals surface area (Å²) in [5.74, 6) is 0. The van der Waals surface area contributed by atoms with Gasteiger partial charge in [0.1, 0.15) is 5.52 Å². The summed E-state index contributed by atoms with van der Waals surface area (Å²) in [4.78, 5) is 4.06. The lowest BCUT2D eigenvalue weighted by Crippen LogP contribution is -2.05. The van der Waals surface area contributed by atoms with Crippen LogP contribution in [0.4, 0.5) is 0 Å². The Morgan fingerprint density at radius 2 is 2.27 bits per heavy atom. The second-order valence-electron chi connectivity index (χ2n) is 2.04. The van der Waals surface area contributed by atoms with Crippen molar-refractivity contribution in [2.45, 2.75) is 13.8 Å². The first-order chi connectivity index (χ1) is 5.38. The summed E-state index contributed by atoms with van der Waals surface area (Å²) in [5.41, 5.74) is 2.14. The lowest BCUT2D eigenvalue weighted by atomic mass is 10.4. The Hall–Kier alpha value is -1.25. The quantitative estimate of drug-likeness (QED) is 0.618. The summed E-state index contributed by atoms with van der Waals surface area (Å²) >= 11 is 0. The second kappa shape index (κ2) is 3.23. The zero-order valence-corrected chi connectivity index (χ0v) is 7.13. The molecule has 0 aliphatic rings. The summed E-state index contributed by atoms with van der Waals surface area (Å²) < 4.78 is 1.93. The SMILES string of the molecule is CC.Cn1[nH]c2ncccc21.[HH]. The highest BCUT2D eigenvalue weighted by molar-refractivity contribution is 5.71. The van der Waals surface area contributed by atoms with Crippen molar-refractivity contribution < 1.29 is 1.43 Å². The van der Waals surface area contributed by atoms with Crippen molar-refractivity contribution in [2.75, 3.05) is 0 Å². The number of aromatic nitrogens is 3. The van der Waals surface area contributed by atoms with Gasteiger partial charge in [0.2, 0.25) is 0 Å². The molecule has 11 heavy (non-hydrogen) atoms. The van der Waals surface area contributed by atoms with Gasteiger partial charge in [-0.25, -0.2) is 4.98 Å². The van der Waals surface area contributed by atoms with Gasteiger partial charge in [-0.2, -0.15) is 0 Å². The third-order valence-corrected chi connectivity index (χ3v) is 1.42. The molecule has 0 atom stereocenters. The number of nitrogens with zero attached hydrogens (tertiary/aromatic N) is 2. The van der Waals surface area contributed by atoms with Gasteiger partial charge in [0.25, 0.3) is 0 Å². The fourth-order valence-corrected chi connectivity index (χ4v) is 0.920. The minimum Gasteiger partial charge on any atom is -0.286 e. The molecule has 0 bridgehead atoms. The standard InChI is InChI=1S/C6H7N3.C2H6.H2/c1-9-5-3-2-4-7-6(5)8-9;1-2;/h2-4H,1H3,(H,7,8);1-2H3;1H. The van der Waals surface area contributed by atoms with E-state index in [1.807, 2.05) is 37.7 Å². The molecule has 0 spiro atoms. The molecule has 2 aromatic rings. The van der Waals surface area contributed by atoms with Crippen LogP contribution in [0.2, 0.25) is 0 Å². The Morgan fingerprint density at radius 3 is 2.73 bits per heavy atom. The normalized spacial score (nSPS) is 9.36. The highest BCUT2D eigenvalue weighted by Gasteiger charge is 1.97. The number of aromatic amines is 1. The maximum atomic E-state index is 4.06. The monoisotopic (exact) mass is 153 g/mol. The van der Waals surface area contributed by atoms with Gasteiger partial charge in [0.15, 0.2) is 5.65 Å². The summed E-state index contributed by atoms with van der Waals surface area (Å²) in [6, 6.07) is 3.95. The Balaban J connectivity index is 0.000000378. The molecule has 0 aliphatic heterocycles. The van der Waals surface area contributed by atoms with Crippen LogP contribution in [0.15, 0.2) is 18.3 Å². The topological polar surface area (TPSA) is 33.6 Å². The van der Waals surface area contributed by atoms with E-state index in [0.29, 0.717) is 0 Å². The van der Waals surface area contributed by atoms with E-state index in [0.717, 1.165) is 11.2 Å². The molecule has 0 amide bonds. The molecular weight excluding hydrogens is 138 g/mol. The zero-order chi connectivity index (χ0) is 8.27. The maximum absolute atomic E-state index is 4.06. The van der Waals surface area contributed by atoms with E-state index in [4.69, 9.17) is 0 Å². The largest absolute Gasteiger partial charge is 0.286 e. The molecule has 0 fully saturated rings. The van der Waals surface area contributed by atoms with Crippen LogP contribution in [-0.2, 0) is 7.05 Å². The van der Waals surface area contributed by atoms with Crippen LogP contribution in [0.25, 0.3) is 11.2 Å². The van der Waals surface area contributed by atoms with Crippen LogP contribution in [-0.4, -0.2) is 14.8 Å². The van der Waals surface area contributed by atoms with Crippen molar-refractivity contribution in [2.24, 2.45) is 7.05 Å². The van der Waals surface area contributed by atoms with E-state index >= 15 is 0 Å². The fourth-order valence-electron chi connectivity index (χ4n) is 0.920. The zero-order valence-electron chi connectivity index (χ0n) is 7.13. The van der Waals surface area contributed by atoms with Crippen LogP contribution < -0.4 is 0 Å². The second-order valence-corrected chi connectivity index (χ2v) is 2.04. The van der Waals surface area contributed by atoms with E-state index in [1.165, 1.54) is 0 Å². The minimum atomic E-state index is 0. The highest BCUT2D eigenvalue weighted by Crippen LogP contribution is 2.07. The number of hydrogen-bond donors (Lipinski definition) is 1. The van der Waals surface area contributed by atoms with Crippen molar-refractivity contribution in [3.05, 3.63) is 18.3 Å². The van der Waals surface area contributed by atoms with Gasteiger partial charge >= 0.3 is 0 Å². The van der Waals surface area contributed by atoms with Crippen molar-refractivity contribution in [3.8, 4) is 0 Å². The van der Waals surface area contributed by atoms with Crippen molar-refractivity contribution >= 4 is 11.2 Å². The van der Waals surface area contributed by atoms with Gasteiger partial charge in [-0.3, -0.25) is 9.78 Å². The van der Waals surface area contributed by atoms with Gasteiger partial charge in [-0.15, -0.1) is 0 Å². The van der Waals surface area contributed by atoms with Crippen LogP contribution in [0.5, 0.6) is 0 Å². The predicted molar refractivity (Wildman–Crippen MR) is 48.5 cm³/mol. The average Bonchev–Trinajstić information content (AvgIpc) is 2.07. The number of pyridine rings is 1. The summed E-state index contributed by atoms with van der Waals surface area (Å²) in [7, 11) is 1.96. The highest BCUT2D eigenvalue weighted by atomic mass is 15.3. The molecule has 1 N–H and O–H groups in total. The van der Waals surface area contributed by atoms with Gasteiger partial charge in [0.05, 0.1) is 0 Å². The van der Waals surface area contributed by atoms with Crippen molar-refractivity contribution in [3.63, 3.8) is 0 Å². The van der Waals surface area contributed by atoms with E-state index in [9.17, 15) is 0 Å². The molecule has 0 saturated carbocycles. The summed E-state index contributed by atoms with van der Waals surface area (Å²) in [6.45, 7) is 4.00. The Labute approximate surface area is 67.5 Å². The molecule has 0 aromatic carbocycles. The van der Waals surface area contributed by atoms with E-state index in [2.05, 4.69) is 10.1 Å². The third kappa shape index (κ3) is 1.27. The summed E-state index contributed by atoms with van der Waals surface area (Å²) in [6.07, 6.45) is 1.78. The lowest BCUT2D eigenvalue weighted by Gasteiger charge is -2.08. The maximum Gasteiger partial charge on any atom is 0.170 e. The molecular formula is C8H15N3. The molecule has 0 radical (unpaired) electrons. The predicted octanol–water partition coefficient (Wildman–Crippen LogP) is 2.17. The molecule has 3 nitrogen and oxygen atoms in total. The smallest absolute Gasteiger partial charge is 0.170 e. The number of fused-ring (bicyclic) bond motifs is 1. The number of aryl methyl sites for hydroxylation is 1. The molecule has 0 saturated heterocycles. The molecule has 0 aliphatic carbocycles. The van der Waals surface area contributed by atoms with E-state index in [-0.39, 0.29) is 1.43 Å². The Kier molecular flexibility index (Phi) is 2.31. The average molecular weight is 153 g/mol. The molecule has 2 rings (SSSR count). The molecule has 0 unspecified atom stereocenters. The molecule has 3 heteroatoms. The lowest BCUT2D eigenvalue weighted by molar-refractivity contribution is 0.751. The van der Waals surface area contributed by atoms with Crippen LogP contribution in [0, 0.1) is 0 Å². The number of H-pyrrole nitrogens is 1. The minimum absolute atomic E-state index is 0. The first-order valence-electron chi connectivity index (χ1n) is 3.83. The molecule has 2 heterocycles. The molecule has 62 valence electrons. The van der Waals surface area contributed by atoms with Crippen LogP contribution >= 0.6 is 0 Å². The van der Waals surface area contributed by atoms with Gasteiger partial charge < -0.3 is 0 Å². The third-order valence-electron chi connectivity index (χ3n) is 1.42. The first-order valence-corrected chi connectivity index (χ1v) is 3.83. The van der Waals surface area contributed by atoms with E-state index in [1.54, 1.807) is 6.20 Å². The summed E-state index contributed by atoms with van der Waals surface area (Å²) in [5, 5.41) is 3.01. The van der Waals surface area contributed by atoms with Gasteiger partial charge in [-0.1, -0.05) is 13.8 Å². The van der Waals surface area contributed by atoms with Crippen LogP contribution in [0.3, 0.4) is 0 Å². The first kappa shape index (κ1) is 7.85. The van der Waals surface area contributed by atoms with Gasteiger partial charge in [-0.05, 0) is 12.1 Å².